The van der Waals surface area contributed by atoms with E-state index in [-0.39, 0.29) is 40.8 Å². The number of nitrogens with one attached hydrogen (secondary N) is 1. The molecule has 2 aromatic heterocycles. The summed E-state index contributed by atoms with van der Waals surface area (Å²) in [5.74, 6) is -1.14. The summed E-state index contributed by atoms with van der Waals surface area (Å²) in [4.78, 5) is 24.7. The van der Waals surface area contributed by atoms with Crippen LogP contribution in [0.1, 0.15) is 67.8 Å². The van der Waals surface area contributed by atoms with Gasteiger partial charge in [-0.2, -0.15) is 23.4 Å². The van der Waals surface area contributed by atoms with Gasteiger partial charge in [0.15, 0.2) is 11.4 Å². The molecular formula is C19H23BrF3N5O3. The SMILES string of the molecule is CCn1cc(NC(=O)CCn2nc(C(F)(F)F)c(Br)c2C2CC2)c(C(=O)OC(C)C)n1. The minimum Gasteiger partial charge on any atom is -0.458 e. The van der Waals surface area contributed by atoms with E-state index in [0.29, 0.717) is 12.2 Å². The van der Waals surface area contributed by atoms with E-state index in [2.05, 4.69) is 31.4 Å². The molecule has 1 fully saturated rings. The lowest BCUT2D eigenvalue weighted by Crippen LogP contribution is -2.19. The van der Waals surface area contributed by atoms with Crippen molar-refractivity contribution in [2.75, 3.05) is 5.32 Å². The molecule has 1 aliphatic carbocycles. The number of carbonyl (C=O) groups excluding carboxylic acids is 2. The van der Waals surface area contributed by atoms with Crippen LogP contribution in [0.4, 0.5) is 18.9 Å². The molecule has 2 aromatic rings. The normalized spacial score (nSPS) is 14.2. The molecule has 1 saturated carbocycles. The number of alkyl halides is 3. The van der Waals surface area contributed by atoms with Crippen molar-refractivity contribution in [3.8, 4) is 0 Å². The Labute approximate surface area is 185 Å². The smallest absolute Gasteiger partial charge is 0.436 e. The number of ether oxygens (including phenoxy) is 1. The van der Waals surface area contributed by atoms with Gasteiger partial charge in [0.1, 0.15) is 0 Å². The van der Waals surface area contributed by atoms with Gasteiger partial charge in [0, 0.05) is 25.1 Å². The third kappa shape index (κ3) is 5.46. The van der Waals surface area contributed by atoms with Crippen LogP contribution in [0.25, 0.3) is 0 Å². The predicted molar refractivity (Wildman–Crippen MR) is 109 cm³/mol. The highest BCUT2D eigenvalue weighted by molar-refractivity contribution is 9.10. The summed E-state index contributed by atoms with van der Waals surface area (Å²) in [5, 5.41) is 10.4. The second-order valence-electron chi connectivity index (χ2n) is 7.54. The molecule has 0 saturated heterocycles. The number of hydrogen-bond donors (Lipinski definition) is 1. The molecule has 31 heavy (non-hydrogen) atoms. The van der Waals surface area contributed by atoms with Gasteiger partial charge in [-0.25, -0.2) is 4.79 Å². The van der Waals surface area contributed by atoms with Gasteiger partial charge in [-0.15, -0.1) is 0 Å². The predicted octanol–water partition coefficient (Wildman–Crippen LogP) is 4.35. The highest BCUT2D eigenvalue weighted by Gasteiger charge is 2.41. The molecule has 1 amide bonds. The summed E-state index contributed by atoms with van der Waals surface area (Å²) in [6.07, 6.45) is -1.99. The maximum absolute atomic E-state index is 13.2. The molecule has 0 bridgehead atoms. The number of aryl methyl sites for hydroxylation is 2. The van der Waals surface area contributed by atoms with E-state index >= 15 is 0 Å². The molecule has 2 heterocycles. The lowest BCUT2D eigenvalue weighted by atomic mass is 10.2. The number of esters is 1. The number of carbonyl (C=O) groups is 2. The van der Waals surface area contributed by atoms with Crippen molar-refractivity contribution in [3.63, 3.8) is 0 Å². The largest absolute Gasteiger partial charge is 0.458 e. The van der Waals surface area contributed by atoms with Crippen LogP contribution < -0.4 is 5.32 Å². The maximum Gasteiger partial charge on any atom is 0.436 e. The Morgan fingerprint density at radius 3 is 2.55 bits per heavy atom. The average molecular weight is 506 g/mol. The first-order valence-corrected chi connectivity index (χ1v) is 10.7. The van der Waals surface area contributed by atoms with Gasteiger partial charge in [0.2, 0.25) is 5.91 Å². The molecule has 3 rings (SSSR count). The van der Waals surface area contributed by atoms with Crippen LogP contribution in [-0.2, 0) is 28.8 Å². The van der Waals surface area contributed by atoms with Crippen molar-refractivity contribution >= 4 is 33.5 Å². The Kier molecular flexibility index (Phi) is 6.77. The van der Waals surface area contributed by atoms with E-state index < -0.39 is 23.7 Å². The number of rotatable bonds is 8. The first kappa shape index (κ1) is 23.3. The Bertz CT molecular complexity index is 979. The van der Waals surface area contributed by atoms with Gasteiger partial charge < -0.3 is 10.1 Å². The molecule has 0 spiro atoms. The fraction of sp³-hybridized carbons (Fsp3) is 0.579. The molecule has 12 heteroatoms. The molecule has 1 aliphatic rings. The van der Waals surface area contributed by atoms with Gasteiger partial charge in [0.25, 0.3) is 0 Å². The third-order valence-electron chi connectivity index (χ3n) is 4.61. The molecule has 0 unspecified atom stereocenters. The van der Waals surface area contributed by atoms with Gasteiger partial charge in [-0.05, 0) is 49.5 Å². The molecule has 0 aliphatic heterocycles. The lowest BCUT2D eigenvalue weighted by molar-refractivity contribution is -0.142. The monoisotopic (exact) mass is 505 g/mol. The Morgan fingerprint density at radius 2 is 2.00 bits per heavy atom. The molecule has 1 N–H and O–H groups in total. The summed E-state index contributed by atoms with van der Waals surface area (Å²) >= 11 is 3.03. The van der Waals surface area contributed by atoms with Crippen LogP contribution in [0.2, 0.25) is 0 Å². The van der Waals surface area contributed by atoms with Crippen molar-refractivity contribution in [1.29, 1.82) is 0 Å². The summed E-state index contributed by atoms with van der Waals surface area (Å²) in [6, 6.07) is 0. The fourth-order valence-corrected chi connectivity index (χ4v) is 3.90. The van der Waals surface area contributed by atoms with E-state index in [4.69, 9.17) is 4.74 Å². The van der Waals surface area contributed by atoms with Crippen LogP contribution in [0.15, 0.2) is 10.7 Å². The van der Waals surface area contributed by atoms with Crippen molar-refractivity contribution in [1.82, 2.24) is 19.6 Å². The Balaban J connectivity index is 1.73. The second-order valence-corrected chi connectivity index (χ2v) is 8.34. The first-order valence-electron chi connectivity index (χ1n) is 9.92. The summed E-state index contributed by atoms with van der Waals surface area (Å²) in [6.45, 7) is 5.66. The van der Waals surface area contributed by atoms with Crippen molar-refractivity contribution in [2.45, 2.75) is 71.3 Å². The van der Waals surface area contributed by atoms with Crippen LogP contribution in [-0.4, -0.2) is 37.5 Å². The standard InChI is InChI=1S/C19H23BrF3N5O3/c1-4-27-9-12(15(25-27)18(30)31-10(2)3)24-13(29)7-8-28-16(11-5-6-11)14(20)17(26-28)19(21,22)23/h9-11H,4-8H2,1-3H3,(H,24,29). The number of anilines is 1. The van der Waals surface area contributed by atoms with E-state index in [1.165, 1.54) is 15.6 Å². The zero-order valence-electron chi connectivity index (χ0n) is 17.3. The Morgan fingerprint density at radius 1 is 1.32 bits per heavy atom. The third-order valence-corrected chi connectivity index (χ3v) is 5.39. The topological polar surface area (TPSA) is 91.0 Å². The maximum atomic E-state index is 13.2. The molecule has 8 nitrogen and oxygen atoms in total. The Hall–Kier alpha value is -2.37. The molecule has 0 atom stereocenters. The van der Waals surface area contributed by atoms with Gasteiger partial charge in [-0.3, -0.25) is 14.2 Å². The minimum atomic E-state index is -4.59. The fourth-order valence-electron chi connectivity index (χ4n) is 3.07. The van der Waals surface area contributed by atoms with E-state index in [1.54, 1.807) is 13.8 Å². The number of hydrogen-bond acceptors (Lipinski definition) is 5. The molecule has 0 radical (unpaired) electrons. The quantitative estimate of drug-likeness (QED) is 0.538. The van der Waals surface area contributed by atoms with Crippen LogP contribution in [0.3, 0.4) is 0 Å². The number of halogens is 4. The first-order chi connectivity index (χ1) is 14.5. The number of aromatic nitrogens is 4. The zero-order valence-corrected chi connectivity index (χ0v) is 18.9. The minimum absolute atomic E-state index is 0.00114. The van der Waals surface area contributed by atoms with Crippen LogP contribution in [0.5, 0.6) is 0 Å². The van der Waals surface area contributed by atoms with E-state index in [0.717, 1.165) is 12.8 Å². The van der Waals surface area contributed by atoms with Crippen molar-refractivity contribution in [3.05, 3.63) is 27.8 Å². The van der Waals surface area contributed by atoms with E-state index in [9.17, 15) is 22.8 Å². The zero-order chi connectivity index (χ0) is 22.9. The van der Waals surface area contributed by atoms with Crippen LogP contribution >= 0.6 is 15.9 Å². The number of nitrogens with zero attached hydrogens (tertiary/aromatic N) is 4. The van der Waals surface area contributed by atoms with Crippen molar-refractivity contribution in [2.24, 2.45) is 0 Å². The summed E-state index contributed by atoms with van der Waals surface area (Å²) < 4.78 is 47.5. The summed E-state index contributed by atoms with van der Waals surface area (Å²) in [7, 11) is 0. The van der Waals surface area contributed by atoms with Gasteiger partial charge >= 0.3 is 12.1 Å². The van der Waals surface area contributed by atoms with Gasteiger partial charge in [0.05, 0.1) is 28.5 Å². The van der Waals surface area contributed by atoms with E-state index in [1.807, 2.05) is 6.92 Å². The van der Waals surface area contributed by atoms with Gasteiger partial charge in [-0.1, -0.05) is 0 Å². The molecule has 170 valence electrons. The molecular weight excluding hydrogens is 483 g/mol. The summed E-state index contributed by atoms with van der Waals surface area (Å²) in [5.41, 5.74) is -0.362. The van der Waals surface area contributed by atoms with Crippen molar-refractivity contribution < 1.29 is 27.5 Å². The highest BCUT2D eigenvalue weighted by atomic mass is 79.9. The van der Waals surface area contributed by atoms with Crippen LogP contribution in [0, 0.1) is 0 Å². The number of amides is 1. The lowest BCUT2D eigenvalue weighted by Gasteiger charge is -2.09. The average Bonchev–Trinajstić information content (AvgIpc) is 3.31. The molecule has 0 aromatic carbocycles. The highest BCUT2D eigenvalue weighted by Crippen LogP contribution is 2.47. The second kappa shape index (κ2) is 9.01.